The number of nitro benzene ring substituents is 1. The second-order valence-electron chi connectivity index (χ2n) is 5.88. The van der Waals surface area contributed by atoms with Crippen molar-refractivity contribution < 1.29 is 22.3 Å². The molecule has 0 amide bonds. The number of hydrogen-bond acceptors (Lipinski definition) is 6. The van der Waals surface area contributed by atoms with E-state index in [4.69, 9.17) is 8.92 Å². The average molecular weight is 363 g/mol. The van der Waals surface area contributed by atoms with Crippen molar-refractivity contribution in [3.8, 4) is 11.5 Å². The summed E-state index contributed by atoms with van der Waals surface area (Å²) in [6, 6.07) is 10.1. The van der Waals surface area contributed by atoms with Crippen LogP contribution in [0.5, 0.6) is 11.5 Å². The second-order valence-corrected chi connectivity index (χ2v) is 7.46. The van der Waals surface area contributed by atoms with E-state index in [9.17, 15) is 18.5 Å². The molecule has 0 aromatic heterocycles. The molecule has 2 aromatic rings. The molecule has 0 aliphatic heterocycles. The van der Waals surface area contributed by atoms with Crippen LogP contribution in [0.25, 0.3) is 0 Å². The molecule has 3 rings (SSSR count). The van der Waals surface area contributed by atoms with E-state index in [1.807, 2.05) is 0 Å². The van der Waals surface area contributed by atoms with E-state index in [0.29, 0.717) is 11.5 Å². The summed E-state index contributed by atoms with van der Waals surface area (Å²) in [5.74, 6) is 0.732. The molecule has 0 N–H and O–H groups in total. The summed E-state index contributed by atoms with van der Waals surface area (Å²) in [5.41, 5.74) is 0.690. The topological polar surface area (TPSA) is 95.7 Å². The zero-order valence-corrected chi connectivity index (χ0v) is 14.4. The monoisotopic (exact) mass is 363 g/mol. The molecular weight excluding hydrogens is 346 g/mol. The van der Waals surface area contributed by atoms with Crippen LogP contribution in [-0.4, -0.2) is 19.4 Å². The molecule has 0 atom stereocenters. The Morgan fingerprint density at radius 3 is 2.36 bits per heavy atom. The predicted molar refractivity (Wildman–Crippen MR) is 90.3 cm³/mol. The minimum absolute atomic E-state index is 0.0295. The number of hydrogen-bond donors (Lipinski definition) is 0. The zero-order chi connectivity index (χ0) is 18.0. The SMILES string of the molecule is Cc1ccc(S(=O)(=O)OC2CCC2)cc1Oc1ccc([N+](=O)[O-])cc1. The zero-order valence-electron chi connectivity index (χ0n) is 13.5. The highest BCUT2D eigenvalue weighted by Crippen LogP contribution is 2.31. The van der Waals surface area contributed by atoms with E-state index in [1.165, 1.54) is 36.4 Å². The summed E-state index contributed by atoms with van der Waals surface area (Å²) < 4.78 is 35.5. The molecule has 1 fully saturated rings. The number of non-ortho nitro benzene ring substituents is 1. The van der Waals surface area contributed by atoms with Crippen molar-refractivity contribution in [2.75, 3.05) is 0 Å². The first-order valence-electron chi connectivity index (χ1n) is 7.81. The van der Waals surface area contributed by atoms with Crippen molar-refractivity contribution >= 4 is 15.8 Å². The fourth-order valence-electron chi connectivity index (χ4n) is 2.31. The summed E-state index contributed by atoms with van der Waals surface area (Å²) in [5, 5.41) is 10.7. The fraction of sp³-hybridized carbons (Fsp3) is 0.294. The molecule has 8 heteroatoms. The lowest BCUT2D eigenvalue weighted by molar-refractivity contribution is -0.384. The molecule has 0 unspecified atom stereocenters. The van der Waals surface area contributed by atoms with Crippen molar-refractivity contribution in [2.45, 2.75) is 37.2 Å². The van der Waals surface area contributed by atoms with Gasteiger partial charge >= 0.3 is 0 Å². The Hall–Kier alpha value is -2.45. The Labute approximate surface area is 145 Å². The molecule has 1 saturated carbocycles. The summed E-state index contributed by atoms with van der Waals surface area (Å²) in [4.78, 5) is 10.2. The molecule has 0 saturated heterocycles. The molecule has 1 aliphatic carbocycles. The van der Waals surface area contributed by atoms with Crippen molar-refractivity contribution in [2.24, 2.45) is 0 Å². The number of benzene rings is 2. The van der Waals surface area contributed by atoms with Crippen molar-refractivity contribution in [3.05, 3.63) is 58.1 Å². The summed E-state index contributed by atoms with van der Waals surface area (Å²) in [7, 11) is -3.84. The first-order valence-corrected chi connectivity index (χ1v) is 9.22. The van der Waals surface area contributed by atoms with Gasteiger partial charge in [-0.15, -0.1) is 0 Å². The van der Waals surface area contributed by atoms with Gasteiger partial charge in [-0.2, -0.15) is 8.42 Å². The third-order valence-corrected chi connectivity index (χ3v) is 5.40. The van der Waals surface area contributed by atoms with E-state index < -0.39 is 15.0 Å². The lowest BCUT2D eigenvalue weighted by Crippen LogP contribution is -2.25. The summed E-state index contributed by atoms with van der Waals surface area (Å²) in [6.07, 6.45) is 2.22. The number of nitrogens with zero attached hydrogens (tertiary/aromatic N) is 1. The first kappa shape index (κ1) is 17.4. The van der Waals surface area contributed by atoms with E-state index >= 15 is 0 Å². The van der Waals surface area contributed by atoms with Gasteiger partial charge < -0.3 is 4.74 Å². The molecule has 0 radical (unpaired) electrons. The van der Waals surface area contributed by atoms with Crippen LogP contribution < -0.4 is 4.74 Å². The van der Waals surface area contributed by atoms with E-state index in [0.717, 1.165) is 24.8 Å². The molecule has 0 heterocycles. The maximum absolute atomic E-state index is 12.3. The summed E-state index contributed by atoms with van der Waals surface area (Å²) in [6.45, 7) is 1.78. The van der Waals surface area contributed by atoms with Gasteiger partial charge in [-0.3, -0.25) is 14.3 Å². The molecule has 2 aromatic carbocycles. The average Bonchev–Trinajstić information content (AvgIpc) is 2.53. The van der Waals surface area contributed by atoms with Crippen LogP contribution in [0.1, 0.15) is 24.8 Å². The standard InChI is InChI=1S/C17H17NO6S/c1-12-5-10-16(25(21,22)24-15-3-2-4-15)11-17(12)23-14-8-6-13(7-9-14)18(19)20/h5-11,15H,2-4H2,1H3. The van der Waals surface area contributed by atoms with Gasteiger partial charge in [0.15, 0.2) is 0 Å². The Bertz CT molecular complexity index is 888. The van der Waals surface area contributed by atoms with Crippen LogP contribution in [0.4, 0.5) is 5.69 Å². The quantitative estimate of drug-likeness (QED) is 0.438. The van der Waals surface area contributed by atoms with Gasteiger partial charge in [0.2, 0.25) is 0 Å². The highest BCUT2D eigenvalue weighted by atomic mass is 32.2. The fourth-order valence-corrected chi connectivity index (χ4v) is 3.46. The number of aryl methyl sites for hydroxylation is 1. The van der Waals surface area contributed by atoms with Gasteiger partial charge in [0.25, 0.3) is 15.8 Å². The van der Waals surface area contributed by atoms with Crippen molar-refractivity contribution in [1.82, 2.24) is 0 Å². The van der Waals surface area contributed by atoms with Gasteiger partial charge in [0.1, 0.15) is 11.5 Å². The Morgan fingerprint density at radius 2 is 1.80 bits per heavy atom. The van der Waals surface area contributed by atoms with Crippen LogP contribution in [-0.2, 0) is 14.3 Å². The highest BCUT2D eigenvalue weighted by Gasteiger charge is 2.27. The van der Waals surface area contributed by atoms with Gasteiger partial charge in [-0.05, 0) is 49.9 Å². The Morgan fingerprint density at radius 1 is 1.12 bits per heavy atom. The van der Waals surface area contributed by atoms with Crippen molar-refractivity contribution in [3.63, 3.8) is 0 Å². The lowest BCUT2D eigenvalue weighted by atomic mass is 9.97. The molecule has 1 aliphatic rings. The molecule has 132 valence electrons. The third-order valence-electron chi connectivity index (χ3n) is 4.04. The Balaban J connectivity index is 1.82. The van der Waals surface area contributed by atoms with E-state index in [1.54, 1.807) is 13.0 Å². The van der Waals surface area contributed by atoms with E-state index in [2.05, 4.69) is 0 Å². The predicted octanol–water partition coefficient (Wildman–Crippen LogP) is 3.95. The number of nitro groups is 1. The largest absolute Gasteiger partial charge is 0.457 e. The van der Waals surface area contributed by atoms with E-state index in [-0.39, 0.29) is 16.7 Å². The number of ether oxygens (including phenoxy) is 1. The van der Waals surface area contributed by atoms with Crippen molar-refractivity contribution in [1.29, 1.82) is 0 Å². The summed E-state index contributed by atoms with van der Waals surface area (Å²) >= 11 is 0. The minimum atomic E-state index is -3.84. The lowest BCUT2D eigenvalue weighted by Gasteiger charge is -2.24. The van der Waals surface area contributed by atoms with Crippen LogP contribution in [0.2, 0.25) is 0 Å². The first-order chi connectivity index (χ1) is 11.8. The normalized spacial score (nSPS) is 14.8. The van der Waals surface area contributed by atoms with Gasteiger partial charge in [0.05, 0.1) is 15.9 Å². The molecule has 0 bridgehead atoms. The smallest absolute Gasteiger partial charge is 0.297 e. The van der Waals surface area contributed by atoms with Crippen LogP contribution in [0, 0.1) is 17.0 Å². The Kier molecular flexibility index (Phi) is 4.73. The molecule has 25 heavy (non-hydrogen) atoms. The van der Waals surface area contributed by atoms with Crippen LogP contribution in [0.3, 0.4) is 0 Å². The van der Waals surface area contributed by atoms with Crippen LogP contribution >= 0.6 is 0 Å². The third kappa shape index (κ3) is 3.97. The minimum Gasteiger partial charge on any atom is -0.457 e. The maximum Gasteiger partial charge on any atom is 0.297 e. The second kappa shape index (κ2) is 6.81. The molecule has 7 nitrogen and oxygen atoms in total. The van der Waals surface area contributed by atoms with Crippen LogP contribution in [0.15, 0.2) is 47.4 Å². The molecular formula is C17H17NO6S. The number of rotatable bonds is 6. The van der Waals surface area contributed by atoms with Gasteiger partial charge in [-0.25, -0.2) is 0 Å². The molecule has 0 spiro atoms. The van der Waals surface area contributed by atoms with Gasteiger partial charge in [-0.1, -0.05) is 6.07 Å². The maximum atomic E-state index is 12.3. The van der Waals surface area contributed by atoms with Gasteiger partial charge in [0, 0.05) is 18.2 Å². The highest BCUT2D eigenvalue weighted by molar-refractivity contribution is 7.86.